The Morgan fingerprint density at radius 2 is 1.62 bits per heavy atom. The first-order valence-corrected chi connectivity index (χ1v) is 12.1. The van der Waals surface area contributed by atoms with Crippen molar-refractivity contribution in [1.82, 2.24) is 0 Å². The van der Waals surface area contributed by atoms with E-state index in [9.17, 15) is 27.9 Å². The van der Waals surface area contributed by atoms with Crippen molar-refractivity contribution in [3.8, 4) is 11.5 Å². The maximum Gasteiger partial charge on any atom is 0.573 e. The molecule has 0 aromatic heterocycles. The number of alkyl halides is 3. The smallest absolute Gasteiger partial charge is 0.507 e. The van der Waals surface area contributed by atoms with Gasteiger partial charge in [-0.2, -0.15) is 0 Å². The van der Waals surface area contributed by atoms with Crippen molar-refractivity contribution in [2.45, 2.75) is 45.5 Å². The second kappa shape index (κ2) is 10.1. The van der Waals surface area contributed by atoms with Gasteiger partial charge in [-0.25, -0.2) is 0 Å². The minimum atomic E-state index is -4.88. The number of rotatable bonds is 5. The van der Waals surface area contributed by atoms with E-state index in [1.54, 1.807) is 30.3 Å². The quantitative estimate of drug-likeness (QED) is 0.219. The van der Waals surface area contributed by atoms with E-state index >= 15 is 0 Å². The van der Waals surface area contributed by atoms with Crippen molar-refractivity contribution >= 4 is 23.1 Å². The SMILES string of the molecule is COc1ccc(C(C)(C)C)cc1/C(O)=C1\C(=O)C(=O)N(c2ccc(OC(F)(F)F)cc2)C1c1cccc(C)c1. The number of Topliss-reactive ketones (excluding diaryl/α,β-unsaturated/α-hetero) is 1. The van der Waals surface area contributed by atoms with Gasteiger partial charge >= 0.3 is 6.36 Å². The van der Waals surface area contributed by atoms with Crippen LogP contribution in [-0.4, -0.2) is 30.3 Å². The van der Waals surface area contributed by atoms with Crippen LogP contribution in [0.3, 0.4) is 0 Å². The molecule has 39 heavy (non-hydrogen) atoms. The predicted molar refractivity (Wildman–Crippen MR) is 141 cm³/mol. The van der Waals surface area contributed by atoms with Crippen LogP contribution >= 0.6 is 0 Å². The molecule has 0 spiro atoms. The number of halogens is 3. The lowest BCUT2D eigenvalue weighted by molar-refractivity contribution is -0.274. The zero-order valence-corrected chi connectivity index (χ0v) is 22.1. The van der Waals surface area contributed by atoms with Gasteiger partial charge in [0.05, 0.1) is 24.3 Å². The first-order valence-electron chi connectivity index (χ1n) is 12.1. The van der Waals surface area contributed by atoms with Gasteiger partial charge in [0.2, 0.25) is 0 Å². The summed E-state index contributed by atoms with van der Waals surface area (Å²) < 4.78 is 47.4. The number of carbonyl (C=O) groups is 2. The van der Waals surface area contributed by atoms with Gasteiger partial charge < -0.3 is 14.6 Å². The number of aliphatic hydroxyl groups excluding tert-OH is 1. The molecule has 1 amide bonds. The largest absolute Gasteiger partial charge is 0.573 e. The lowest BCUT2D eigenvalue weighted by Gasteiger charge is -2.26. The molecule has 1 heterocycles. The highest BCUT2D eigenvalue weighted by Crippen LogP contribution is 2.44. The number of anilines is 1. The molecule has 1 N–H and O–H groups in total. The molecule has 1 fully saturated rings. The van der Waals surface area contributed by atoms with Crippen molar-refractivity contribution in [2.24, 2.45) is 0 Å². The molecule has 9 heteroatoms. The summed E-state index contributed by atoms with van der Waals surface area (Å²) in [5.41, 5.74) is 2.21. The second-order valence-electron chi connectivity index (χ2n) is 10.3. The molecule has 1 atom stereocenters. The Hall–Kier alpha value is -4.27. The predicted octanol–water partition coefficient (Wildman–Crippen LogP) is 6.83. The highest BCUT2D eigenvalue weighted by atomic mass is 19.4. The second-order valence-corrected chi connectivity index (χ2v) is 10.3. The minimum absolute atomic E-state index is 0.160. The number of hydrogen-bond donors (Lipinski definition) is 1. The van der Waals surface area contributed by atoms with Crippen molar-refractivity contribution < 1.29 is 37.3 Å². The fraction of sp³-hybridized carbons (Fsp3) is 0.267. The van der Waals surface area contributed by atoms with Gasteiger partial charge in [0.25, 0.3) is 11.7 Å². The molecule has 0 radical (unpaired) electrons. The molecule has 1 unspecified atom stereocenters. The summed E-state index contributed by atoms with van der Waals surface area (Å²) in [6.45, 7) is 7.83. The standard InChI is InChI=1S/C30H28F3NO5/c1-17-7-6-8-18(15-17)25-24(26(35)22-16-19(29(2,3)4)9-14-23(22)38-5)27(36)28(37)34(25)20-10-12-21(13-11-20)39-30(31,32)33/h6-16,25,35H,1-5H3/b26-24+. The summed E-state index contributed by atoms with van der Waals surface area (Å²) in [7, 11) is 1.43. The van der Waals surface area contributed by atoms with Gasteiger partial charge in [-0.15, -0.1) is 13.2 Å². The average molecular weight is 540 g/mol. The van der Waals surface area contributed by atoms with E-state index in [0.717, 1.165) is 23.3 Å². The molecule has 0 bridgehead atoms. The number of hydrogen-bond acceptors (Lipinski definition) is 5. The monoisotopic (exact) mass is 539 g/mol. The zero-order chi connectivity index (χ0) is 28.7. The number of methoxy groups -OCH3 is 1. The van der Waals surface area contributed by atoms with E-state index in [1.165, 1.54) is 24.1 Å². The van der Waals surface area contributed by atoms with Gasteiger partial charge in [-0.1, -0.05) is 56.7 Å². The summed E-state index contributed by atoms with van der Waals surface area (Å²) in [5.74, 6) is -2.44. The number of ketones is 1. The molecular weight excluding hydrogens is 511 g/mol. The highest BCUT2D eigenvalue weighted by Gasteiger charge is 2.47. The van der Waals surface area contributed by atoms with Crippen molar-refractivity contribution in [2.75, 3.05) is 12.0 Å². The fourth-order valence-electron chi connectivity index (χ4n) is 4.57. The van der Waals surface area contributed by atoms with E-state index in [-0.39, 0.29) is 22.2 Å². The van der Waals surface area contributed by atoms with E-state index in [2.05, 4.69) is 4.74 Å². The third kappa shape index (κ3) is 5.62. The van der Waals surface area contributed by atoms with Crippen LogP contribution in [0.1, 0.15) is 49.1 Å². The van der Waals surface area contributed by atoms with E-state index in [4.69, 9.17) is 4.74 Å². The summed E-state index contributed by atoms with van der Waals surface area (Å²) in [6.07, 6.45) is -4.88. The summed E-state index contributed by atoms with van der Waals surface area (Å²) in [6, 6.07) is 15.9. The third-order valence-electron chi connectivity index (χ3n) is 6.47. The van der Waals surface area contributed by atoms with Crippen LogP contribution in [0.15, 0.2) is 72.3 Å². The van der Waals surface area contributed by atoms with Gasteiger partial charge in [-0.3, -0.25) is 14.5 Å². The summed E-state index contributed by atoms with van der Waals surface area (Å²) in [4.78, 5) is 28.1. The Morgan fingerprint density at radius 1 is 0.949 bits per heavy atom. The maximum absolute atomic E-state index is 13.5. The van der Waals surface area contributed by atoms with Crippen LogP contribution in [0, 0.1) is 6.92 Å². The van der Waals surface area contributed by atoms with E-state index in [1.807, 2.05) is 39.8 Å². The Morgan fingerprint density at radius 3 is 2.18 bits per heavy atom. The van der Waals surface area contributed by atoms with Crippen LogP contribution in [0.5, 0.6) is 11.5 Å². The molecule has 6 nitrogen and oxygen atoms in total. The number of aliphatic hydroxyl groups is 1. The van der Waals surface area contributed by atoms with Crippen LogP contribution in [0.25, 0.3) is 5.76 Å². The Balaban J connectivity index is 1.93. The topological polar surface area (TPSA) is 76.1 Å². The Bertz CT molecular complexity index is 1450. The first-order chi connectivity index (χ1) is 18.2. The maximum atomic E-state index is 13.5. The van der Waals surface area contributed by atoms with Gasteiger partial charge in [0, 0.05) is 5.69 Å². The molecule has 1 saturated heterocycles. The van der Waals surface area contributed by atoms with Gasteiger partial charge in [0.15, 0.2) is 0 Å². The van der Waals surface area contributed by atoms with Crippen LogP contribution < -0.4 is 14.4 Å². The van der Waals surface area contributed by atoms with Crippen LogP contribution in [0.4, 0.5) is 18.9 Å². The number of benzene rings is 3. The summed E-state index contributed by atoms with van der Waals surface area (Å²) >= 11 is 0. The first kappa shape index (κ1) is 27.8. The molecule has 1 aliphatic heterocycles. The number of carbonyl (C=O) groups excluding carboxylic acids is 2. The van der Waals surface area contributed by atoms with E-state index < -0.39 is 35.6 Å². The van der Waals surface area contributed by atoms with Crippen molar-refractivity contribution in [1.29, 1.82) is 0 Å². The minimum Gasteiger partial charge on any atom is -0.507 e. The van der Waals surface area contributed by atoms with Crippen molar-refractivity contribution in [3.05, 3.63) is 94.6 Å². The third-order valence-corrected chi connectivity index (χ3v) is 6.47. The molecule has 0 saturated carbocycles. The molecule has 3 aromatic carbocycles. The highest BCUT2D eigenvalue weighted by molar-refractivity contribution is 6.51. The number of nitrogens with zero attached hydrogens (tertiary/aromatic N) is 1. The molecule has 0 aliphatic carbocycles. The van der Waals surface area contributed by atoms with E-state index in [0.29, 0.717) is 11.3 Å². The van der Waals surface area contributed by atoms with Gasteiger partial charge in [-0.05, 0) is 59.9 Å². The number of amides is 1. The van der Waals surface area contributed by atoms with Gasteiger partial charge in [0.1, 0.15) is 17.3 Å². The Labute approximate surface area is 224 Å². The summed E-state index contributed by atoms with van der Waals surface area (Å²) in [5, 5.41) is 11.6. The number of aryl methyl sites for hydroxylation is 1. The van der Waals surface area contributed by atoms with Crippen LogP contribution in [0.2, 0.25) is 0 Å². The molecule has 1 aliphatic rings. The molecule has 4 rings (SSSR count). The Kier molecular flexibility index (Phi) is 7.21. The molecular formula is C30H28F3NO5. The molecule has 204 valence electrons. The number of ether oxygens (including phenoxy) is 2. The average Bonchev–Trinajstić information content (AvgIpc) is 3.12. The normalized spacial score (nSPS) is 17.4. The lowest BCUT2D eigenvalue weighted by Crippen LogP contribution is -2.29. The molecule has 3 aromatic rings. The fourth-order valence-corrected chi connectivity index (χ4v) is 4.57. The lowest BCUT2D eigenvalue weighted by atomic mass is 9.85. The zero-order valence-electron chi connectivity index (χ0n) is 22.1. The van der Waals surface area contributed by atoms with Crippen LogP contribution in [-0.2, 0) is 15.0 Å². The van der Waals surface area contributed by atoms with Crippen molar-refractivity contribution in [3.63, 3.8) is 0 Å².